The van der Waals surface area contributed by atoms with Crippen LogP contribution in [0.1, 0.15) is 26.2 Å². The molecule has 0 aliphatic heterocycles. The van der Waals surface area contributed by atoms with Crippen LogP contribution in [0.25, 0.3) is 11.0 Å². The van der Waals surface area contributed by atoms with Gasteiger partial charge in [-0.15, -0.1) is 0 Å². The van der Waals surface area contributed by atoms with Gasteiger partial charge in [0.2, 0.25) is 5.91 Å². The Morgan fingerprint density at radius 3 is 2.73 bits per heavy atom. The van der Waals surface area contributed by atoms with Crippen LogP contribution in [0.3, 0.4) is 0 Å². The maximum absolute atomic E-state index is 12.8. The monoisotopic (exact) mass is 353 g/mol. The number of benzene rings is 1. The van der Waals surface area contributed by atoms with Gasteiger partial charge in [0, 0.05) is 32.2 Å². The standard InChI is InChI=1S/C19H23N5O2/c1-3-4-11-24(15-8-6-5-7-9-15)17(25)10-12-23-14-20-18-16(19(23)26)13-21-22(18)2/h5-9,13-14H,3-4,10-12H2,1-2H3. The zero-order valence-corrected chi connectivity index (χ0v) is 15.1. The van der Waals surface area contributed by atoms with Crippen LogP contribution in [0.4, 0.5) is 5.69 Å². The zero-order chi connectivity index (χ0) is 18.5. The Hall–Kier alpha value is -2.96. The molecule has 7 heteroatoms. The molecule has 0 unspecified atom stereocenters. The van der Waals surface area contributed by atoms with Crippen molar-refractivity contribution in [2.45, 2.75) is 32.7 Å². The molecule has 0 radical (unpaired) electrons. The predicted octanol–water partition coefficient (Wildman–Crippen LogP) is 2.35. The average molecular weight is 353 g/mol. The summed E-state index contributed by atoms with van der Waals surface area (Å²) in [6.45, 7) is 3.07. The quantitative estimate of drug-likeness (QED) is 0.654. The van der Waals surface area contributed by atoms with Crippen LogP contribution in [0.15, 0.2) is 47.7 Å². The van der Waals surface area contributed by atoms with E-state index >= 15 is 0 Å². The van der Waals surface area contributed by atoms with Crippen molar-refractivity contribution in [3.8, 4) is 0 Å². The maximum Gasteiger partial charge on any atom is 0.264 e. The van der Waals surface area contributed by atoms with E-state index in [9.17, 15) is 9.59 Å². The van der Waals surface area contributed by atoms with Crippen molar-refractivity contribution in [1.29, 1.82) is 0 Å². The number of anilines is 1. The van der Waals surface area contributed by atoms with E-state index in [1.165, 1.54) is 17.1 Å². The predicted molar refractivity (Wildman–Crippen MR) is 101 cm³/mol. The Kier molecular flexibility index (Phi) is 5.46. The van der Waals surface area contributed by atoms with Crippen LogP contribution in [-0.2, 0) is 18.4 Å². The van der Waals surface area contributed by atoms with Gasteiger partial charge >= 0.3 is 0 Å². The van der Waals surface area contributed by atoms with E-state index in [2.05, 4.69) is 17.0 Å². The number of aryl methyl sites for hydroxylation is 2. The molecule has 0 atom stereocenters. The maximum atomic E-state index is 12.8. The molecule has 0 N–H and O–H groups in total. The fourth-order valence-corrected chi connectivity index (χ4v) is 2.90. The van der Waals surface area contributed by atoms with Crippen LogP contribution in [0.5, 0.6) is 0 Å². The van der Waals surface area contributed by atoms with Gasteiger partial charge in [0.25, 0.3) is 5.56 Å². The number of carbonyl (C=O) groups excluding carboxylic acids is 1. The van der Waals surface area contributed by atoms with Crippen LogP contribution >= 0.6 is 0 Å². The highest BCUT2D eigenvalue weighted by molar-refractivity contribution is 5.93. The average Bonchev–Trinajstić information content (AvgIpc) is 3.04. The first-order chi connectivity index (χ1) is 12.6. The largest absolute Gasteiger partial charge is 0.312 e. The van der Waals surface area contributed by atoms with Gasteiger partial charge in [0.05, 0.1) is 12.5 Å². The van der Waals surface area contributed by atoms with Crippen molar-refractivity contribution in [2.24, 2.45) is 7.05 Å². The van der Waals surface area contributed by atoms with Crippen LogP contribution in [0, 0.1) is 0 Å². The second kappa shape index (κ2) is 7.95. The Morgan fingerprint density at radius 1 is 1.23 bits per heavy atom. The van der Waals surface area contributed by atoms with Gasteiger partial charge in [-0.3, -0.25) is 18.8 Å². The number of rotatable bonds is 7. The lowest BCUT2D eigenvalue weighted by atomic mass is 10.2. The minimum absolute atomic E-state index is 0.00262. The van der Waals surface area contributed by atoms with Gasteiger partial charge in [-0.2, -0.15) is 5.10 Å². The summed E-state index contributed by atoms with van der Waals surface area (Å²) in [6.07, 6.45) is 5.19. The molecule has 0 saturated heterocycles. The van der Waals surface area contributed by atoms with Gasteiger partial charge in [-0.1, -0.05) is 31.5 Å². The first-order valence-corrected chi connectivity index (χ1v) is 8.84. The molecular formula is C19H23N5O2. The van der Waals surface area contributed by atoms with E-state index in [0.717, 1.165) is 18.5 Å². The first-order valence-electron chi connectivity index (χ1n) is 8.84. The van der Waals surface area contributed by atoms with Crippen molar-refractivity contribution in [3.05, 3.63) is 53.2 Å². The fourth-order valence-electron chi connectivity index (χ4n) is 2.90. The van der Waals surface area contributed by atoms with Gasteiger partial charge in [0.15, 0.2) is 5.65 Å². The molecule has 2 aromatic heterocycles. The summed E-state index contributed by atoms with van der Waals surface area (Å²) < 4.78 is 3.04. The second-order valence-corrected chi connectivity index (χ2v) is 6.23. The molecule has 136 valence electrons. The number of para-hydroxylation sites is 1. The Balaban J connectivity index is 1.76. The van der Waals surface area contributed by atoms with Gasteiger partial charge in [-0.05, 0) is 18.6 Å². The number of aromatic nitrogens is 4. The van der Waals surface area contributed by atoms with Gasteiger partial charge in [0.1, 0.15) is 5.39 Å². The number of hydrogen-bond donors (Lipinski definition) is 0. The summed E-state index contributed by atoms with van der Waals surface area (Å²) in [5.41, 5.74) is 1.27. The molecule has 0 aliphatic carbocycles. The minimum atomic E-state index is -0.171. The van der Waals surface area contributed by atoms with Gasteiger partial charge < -0.3 is 4.90 Å². The normalized spacial score (nSPS) is 11.0. The molecule has 0 bridgehead atoms. The first kappa shape index (κ1) is 17.8. The third-order valence-electron chi connectivity index (χ3n) is 4.39. The lowest BCUT2D eigenvalue weighted by Crippen LogP contribution is -2.33. The van der Waals surface area contributed by atoms with E-state index in [-0.39, 0.29) is 17.9 Å². The van der Waals surface area contributed by atoms with Crippen molar-refractivity contribution in [1.82, 2.24) is 19.3 Å². The van der Waals surface area contributed by atoms with Crippen molar-refractivity contribution in [3.63, 3.8) is 0 Å². The van der Waals surface area contributed by atoms with Crippen LogP contribution in [0.2, 0.25) is 0 Å². The van der Waals surface area contributed by atoms with E-state index in [1.807, 2.05) is 30.3 Å². The summed E-state index contributed by atoms with van der Waals surface area (Å²) in [7, 11) is 1.74. The van der Waals surface area contributed by atoms with E-state index < -0.39 is 0 Å². The van der Waals surface area contributed by atoms with E-state index in [1.54, 1.807) is 16.6 Å². The lowest BCUT2D eigenvalue weighted by molar-refractivity contribution is -0.118. The van der Waals surface area contributed by atoms with Crippen molar-refractivity contribution in [2.75, 3.05) is 11.4 Å². The number of amides is 1. The number of nitrogens with zero attached hydrogens (tertiary/aromatic N) is 5. The summed E-state index contributed by atoms with van der Waals surface area (Å²) in [5.74, 6) is 0.00262. The number of hydrogen-bond acceptors (Lipinski definition) is 4. The highest BCUT2D eigenvalue weighted by Crippen LogP contribution is 2.16. The van der Waals surface area contributed by atoms with Crippen LogP contribution in [-0.4, -0.2) is 31.8 Å². The fraction of sp³-hybridized carbons (Fsp3) is 0.368. The molecule has 26 heavy (non-hydrogen) atoms. The summed E-state index contributed by atoms with van der Waals surface area (Å²) in [4.78, 5) is 31.4. The molecule has 0 spiro atoms. The molecule has 7 nitrogen and oxygen atoms in total. The lowest BCUT2D eigenvalue weighted by Gasteiger charge is -2.23. The van der Waals surface area contributed by atoms with E-state index in [4.69, 9.17) is 0 Å². The summed E-state index contributed by atoms with van der Waals surface area (Å²) in [5, 5.41) is 4.53. The molecule has 0 saturated carbocycles. The van der Waals surface area contributed by atoms with Gasteiger partial charge in [-0.25, -0.2) is 4.98 Å². The molecule has 1 amide bonds. The minimum Gasteiger partial charge on any atom is -0.312 e. The molecule has 3 aromatic rings. The summed E-state index contributed by atoms with van der Waals surface area (Å²) >= 11 is 0. The molecule has 1 aromatic carbocycles. The second-order valence-electron chi connectivity index (χ2n) is 6.23. The third kappa shape index (κ3) is 3.66. The molecule has 0 aliphatic rings. The third-order valence-corrected chi connectivity index (χ3v) is 4.39. The number of fused-ring (bicyclic) bond motifs is 1. The van der Waals surface area contributed by atoms with Crippen LogP contribution < -0.4 is 10.5 Å². The number of unbranched alkanes of at least 4 members (excludes halogenated alkanes) is 1. The molecular weight excluding hydrogens is 330 g/mol. The highest BCUT2D eigenvalue weighted by Gasteiger charge is 2.16. The molecule has 2 heterocycles. The topological polar surface area (TPSA) is 73.0 Å². The smallest absolute Gasteiger partial charge is 0.264 e. The molecule has 0 fully saturated rings. The van der Waals surface area contributed by atoms with E-state index in [0.29, 0.717) is 24.1 Å². The Morgan fingerprint density at radius 2 is 2.00 bits per heavy atom. The SMILES string of the molecule is CCCCN(C(=O)CCn1cnc2c(cnn2C)c1=O)c1ccccc1. The zero-order valence-electron chi connectivity index (χ0n) is 15.1. The number of carbonyl (C=O) groups is 1. The Bertz CT molecular complexity index is 945. The summed E-state index contributed by atoms with van der Waals surface area (Å²) in [6, 6.07) is 9.64. The van der Waals surface area contributed by atoms with Crippen molar-refractivity contribution < 1.29 is 4.79 Å². The highest BCUT2D eigenvalue weighted by atomic mass is 16.2. The molecule has 3 rings (SSSR count). The van der Waals surface area contributed by atoms with Crippen molar-refractivity contribution >= 4 is 22.6 Å². The Labute approximate surface area is 151 Å².